The minimum Gasteiger partial charge on any atom is -0.309 e. The zero-order valence-corrected chi connectivity index (χ0v) is 12.6. The van der Waals surface area contributed by atoms with Crippen LogP contribution in [0.5, 0.6) is 0 Å². The minimum absolute atomic E-state index is 0.331. The van der Waals surface area contributed by atoms with E-state index in [1.54, 1.807) is 0 Å². The van der Waals surface area contributed by atoms with Crippen LogP contribution < -0.4 is 5.32 Å². The molecule has 17 heavy (non-hydrogen) atoms. The Labute approximate surface area is 113 Å². The summed E-state index contributed by atoms with van der Waals surface area (Å²) < 4.78 is 1.21. The van der Waals surface area contributed by atoms with E-state index in [2.05, 4.69) is 66.0 Å². The van der Waals surface area contributed by atoms with E-state index in [1.807, 2.05) is 6.92 Å². The Morgan fingerprint density at radius 3 is 2.35 bits per heavy atom. The molecule has 0 saturated carbocycles. The van der Waals surface area contributed by atoms with Gasteiger partial charge >= 0.3 is 0 Å². The van der Waals surface area contributed by atoms with E-state index in [4.69, 9.17) is 0 Å². The highest BCUT2D eigenvalue weighted by Gasteiger charge is 2.11. The van der Waals surface area contributed by atoms with Crippen molar-refractivity contribution in [1.82, 2.24) is 5.32 Å². The Balaban J connectivity index is 3.03. The molecule has 0 aliphatic carbocycles. The number of rotatable bonds is 4. The molecular weight excluding hydrogens is 274 g/mol. The maximum atomic E-state index is 3.61. The molecule has 1 N–H and O–H groups in total. The molecule has 0 bridgehead atoms. The van der Waals surface area contributed by atoms with Gasteiger partial charge in [0.1, 0.15) is 0 Å². The predicted octanol–water partition coefficient (Wildman–Crippen LogP) is 4.13. The van der Waals surface area contributed by atoms with Crippen LogP contribution in [0.3, 0.4) is 0 Å². The molecule has 0 amide bonds. The highest BCUT2D eigenvalue weighted by atomic mass is 79.9. The Bertz CT molecular complexity index is 417. The van der Waals surface area contributed by atoms with E-state index in [0.29, 0.717) is 6.04 Å². The molecule has 1 rings (SSSR count). The van der Waals surface area contributed by atoms with Crippen LogP contribution in [-0.4, -0.2) is 6.54 Å². The number of hydrogen-bond donors (Lipinski definition) is 1. The average Bonchev–Trinajstić information content (AvgIpc) is 2.31. The van der Waals surface area contributed by atoms with E-state index >= 15 is 0 Å². The third-order valence-corrected chi connectivity index (χ3v) is 4.05. The number of nitrogens with one attached hydrogen (secondary N) is 1. The summed E-state index contributed by atoms with van der Waals surface area (Å²) in [5.41, 5.74) is 3.90. The van der Waals surface area contributed by atoms with E-state index in [-0.39, 0.29) is 0 Å². The largest absolute Gasteiger partial charge is 0.309 e. The SMILES string of the molecule is CC#CCC(NCC)c1cc(C)c(Br)c(C)c1. The summed E-state index contributed by atoms with van der Waals surface area (Å²) >= 11 is 3.61. The van der Waals surface area contributed by atoms with Crippen molar-refractivity contribution >= 4 is 15.9 Å². The predicted molar refractivity (Wildman–Crippen MR) is 78.1 cm³/mol. The van der Waals surface area contributed by atoms with Crippen LogP contribution in [0.4, 0.5) is 0 Å². The molecule has 0 aromatic heterocycles. The average molecular weight is 294 g/mol. The van der Waals surface area contributed by atoms with Gasteiger partial charge in [-0.15, -0.1) is 11.8 Å². The molecule has 0 spiro atoms. The van der Waals surface area contributed by atoms with Crippen molar-refractivity contribution in [2.75, 3.05) is 6.54 Å². The van der Waals surface area contributed by atoms with Crippen molar-refractivity contribution < 1.29 is 0 Å². The van der Waals surface area contributed by atoms with Gasteiger partial charge in [-0.05, 0) is 44.0 Å². The van der Waals surface area contributed by atoms with Gasteiger partial charge in [0.2, 0.25) is 0 Å². The summed E-state index contributed by atoms with van der Waals surface area (Å²) in [5.74, 6) is 6.13. The number of hydrogen-bond acceptors (Lipinski definition) is 1. The third-order valence-electron chi connectivity index (χ3n) is 2.79. The third kappa shape index (κ3) is 3.87. The van der Waals surface area contributed by atoms with Crippen molar-refractivity contribution in [3.8, 4) is 11.8 Å². The molecule has 92 valence electrons. The van der Waals surface area contributed by atoms with Gasteiger partial charge in [-0.3, -0.25) is 0 Å². The molecule has 0 aliphatic rings. The molecule has 0 fully saturated rings. The fraction of sp³-hybridized carbons (Fsp3) is 0.467. The van der Waals surface area contributed by atoms with Gasteiger partial charge in [0.05, 0.1) is 0 Å². The van der Waals surface area contributed by atoms with Crippen LogP contribution in [0.1, 0.15) is 43.0 Å². The summed E-state index contributed by atoms with van der Waals surface area (Å²) in [6.45, 7) is 9.25. The Hall–Kier alpha value is -0.780. The van der Waals surface area contributed by atoms with Gasteiger partial charge < -0.3 is 5.32 Å². The first-order chi connectivity index (χ1) is 8.10. The summed E-state index contributed by atoms with van der Waals surface area (Å²) in [6, 6.07) is 4.81. The lowest BCUT2D eigenvalue weighted by Crippen LogP contribution is -2.20. The smallest absolute Gasteiger partial charge is 0.0431 e. The number of aryl methyl sites for hydroxylation is 2. The van der Waals surface area contributed by atoms with Crippen LogP contribution >= 0.6 is 15.9 Å². The molecule has 1 atom stereocenters. The van der Waals surface area contributed by atoms with Gasteiger partial charge in [-0.2, -0.15) is 0 Å². The monoisotopic (exact) mass is 293 g/mol. The quantitative estimate of drug-likeness (QED) is 0.823. The summed E-state index contributed by atoms with van der Waals surface area (Å²) in [5, 5.41) is 3.49. The van der Waals surface area contributed by atoms with Crippen LogP contribution in [0.25, 0.3) is 0 Å². The molecule has 0 radical (unpaired) electrons. The maximum Gasteiger partial charge on any atom is 0.0431 e. The summed E-state index contributed by atoms with van der Waals surface area (Å²) in [6.07, 6.45) is 0.866. The lowest BCUT2D eigenvalue weighted by Gasteiger charge is -2.18. The van der Waals surface area contributed by atoms with Crippen molar-refractivity contribution in [2.24, 2.45) is 0 Å². The van der Waals surface area contributed by atoms with Crippen LogP contribution in [0.15, 0.2) is 16.6 Å². The topological polar surface area (TPSA) is 12.0 Å². The first kappa shape index (κ1) is 14.3. The highest BCUT2D eigenvalue weighted by Crippen LogP contribution is 2.26. The lowest BCUT2D eigenvalue weighted by atomic mass is 9.99. The molecule has 1 aromatic carbocycles. The first-order valence-electron chi connectivity index (χ1n) is 5.99. The van der Waals surface area contributed by atoms with Gasteiger partial charge in [0, 0.05) is 16.9 Å². The van der Waals surface area contributed by atoms with Crippen LogP contribution in [0.2, 0.25) is 0 Å². The second kappa shape index (κ2) is 6.83. The van der Waals surface area contributed by atoms with Crippen LogP contribution in [-0.2, 0) is 0 Å². The minimum atomic E-state index is 0.331. The molecule has 1 nitrogen and oxygen atoms in total. The Morgan fingerprint density at radius 1 is 1.29 bits per heavy atom. The molecule has 0 heterocycles. The highest BCUT2D eigenvalue weighted by molar-refractivity contribution is 9.10. The maximum absolute atomic E-state index is 3.61. The summed E-state index contributed by atoms with van der Waals surface area (Å²) in [4.78, 5) is 0. The van der Waals surface area contributed by atoms with Gasteiger partial charge in [-0.25, -0.2) is 0 Å². The van der Waals surface area contributed by atoms with Crippen molar-refractivity contribution in [2.45, 2.75) is 40.2 Å². The Kier molecular flexibility index (Phi) is 5.74. The zero-order valence-electron chi connectivity index (χ0n) is 11.0. The number of benzene rings is 1. The van der Waals surface area contributed by atoms with E-state index in [1.165, 1.54) is 21.2 Å². The fourth-order valence-electron chi connectivity index (χ4n) is 1.94. The lowest BCUT2D eigenvalue weighted by molar-refractivity contribution is 0.564. The van der Waals surface area contributed by atoms with E-state index < -0.39 is 0 Å². The number of halogens is 1. The Morgan fingerprint density at radius 2 is 1.88 bits per heavy atom. The molecule has 1 aromatic rings. The van der Waals surface area contributed by atoms with Crippen molar-refractivity contribution in [3.05, 3.63) is 33.3 Å². The molecule has 2 heteroatoms. The van der Waals surface area contributed by atoms with Gasteiger partial charge in [0.15, 0.2) is 0 Å². The summed E-state index contributed by atoms with van der Waals surface area (Å²) in [7, 11) is 0. The fourth-order valence-corrected chi connectivity index (χ4v) is 2.17. The second-order valence-electron chi connectivity index (χ2n) is 4.21. The zero-order chi connectivity index (χ0) is 12.8. The van der Waals surface area contributed by atoms with E-state index in [9.17, 15) is 0 Å². The van der Waals surface area contributed by atoms with Crippen LogP contribution in [0, 0.1) is 25.7 Å². The molecule has 0 saturated heterocycles. The molecular formula is C15H20BrN. The van der Waals surface area contributed by atoms with Gasteiger partial charge in [0.25, 0.3) is 0 Å². The molecule has 1 unspecified atom stereocenters. The second-order valence-corrected chi connectivity index (χ2v) is 5.00. The van der Waals surface area contributed by atoms with Gasteiger partial charge in [-0.1, -0.05) is 35.0 Å². The van der Waals surface area contributed by atoms with E-state index in [0.717, 1.165) is 13.0 Å². The standard InChI is InChI=1S/C15H20BrN/c1-5-7-8-14(17-6-2)13-9-11(3)15(16)12(4)10-13/h9-10,14,17H,6,8H2,1-4H3. The molecule has 0 aliphatic heterocycles. The first-order valence-corrected chi connectivity index (χ1v) is 6.79. The van der Waals surface area contributed by atoms with Crippen molar-refractivity contribution in [3.63, 3.8) is 0 Å². The van der Waals surface area contributed by atoms with Crippen molar-refractivity contribution in [1.29, 1.82) is 0 Å². The normalized spacial score (nSPS) is 11.8.